The van der Waals surface area contributed by atoms with E-state index in [-0.39, 0.29) is 29.4 Å². The standard InChI is InChI=1S/C21H22N4O6/c1-14(26)16-4-2-15(3-5-16)12-20(27)24-10-8-23(9-11-24)19-7-6-17(25(30)31)13-18(19)21(28)22-29/h2-7,13,29H,8-12H2,1H3,(H,22,28). The molecule has 0 radical (unpaired) electrons. The molecule has 0 aliphatic carbocycles. The summed E-state index contributed by atoms with van der Waals surface area (Å²) in [6.45, 7) is 3.18. The highest BCUT2D eigenvalue weighted by molar-refractivity contribution is 6.00. The number of benzene rings is 2. The van der Waals surface area contributed by atoms with Crippen LogP contribution in [-0.2, 0) is 11.2 Å². The number of ketones is 1. The Kier molecular flexibility index (Phi) is 6.61. The highest BCUT2D eigenvalue weighted by Gasteiger charge is 2.25. The van der Waals surface area contributed by atoms with Gasteiger partial charge in [0.1, 0.15) is 0 Å². The second kappa shape index (κ2) is 9.35. The SMILES string of the molecule is CC(=O)c1ccc(CC(=O)N2CCN(c3ccc([N+](=O)[O-])cc3C(=O)NO)CC2)cc1. The summed E-state index contributed by atoms with van der Waals surface area (Å²) >= 11 is 0. The van der Waals surface area contributed by atoms with E-state index < -0.39 is 10.8 Å². The smallest absolute Gasteiger partial charge is 0.276 e. The molecular weight excluding hydrogens is 404 g/mol. The van der Waals surface area contributed by atoms with Crippen LogP contribution in [0.25, 0.3) is 0 Å². The highest BCUT2D eigenvalue weighted by atomic mass is 16.6. The van der Waals surface area contributed by atoms with Crippen molar-refractivity contribution in [2.45, 2.75) is 13.3 Å². The maximum absolute atomic E-state index is 12.6. The van der Waals surface area contributed by atoms with Crippen molar-refractivity contribution < 1.29 is 24.5 Å². The fraction of sp³-hybridized carbons (Fsp3) is 0.286. The third-order valence-electron chi connectivity index (χ3n) is 5.23. The van der Waals surface area contributed by atoms with Crippen LogP contribution < -0.4 is 10.4 Å². The lowest BCUT2D eigenvalue weighted by molar-refractivity contribution is -0.384. The largest absolute Gasteiger partial charge is 0.367 e. The summed E-state index contributed by atoms with van der Waals surface area (Å²) in [4.78, 5) is 50.0. The molecule has 2 aromatic carbocycles. The summed E-state index contributed by atoms with van der Waals surface area (Å²) in [5.41, 5.74) is 3.10. The van der Waals surface area contributed by atoms with E-state index in [4.69, 9.17) is 5.21 Å². The first-order valence-electron chi connectivity index (χ1n) is 9.65. The van der Waals surface area contributed by atoms with E-state index in [0.717, 1.165) is 11.6 Å². The average molecular weight is 426 g/mol. The Bertz CT molecular complexity index is 1010. The third-order valence-corrected chi connectivity index (χ3v) is 5.23. The van der Waals surface area contributed by atoms with Crippen molar-refractivity contribution in [1.82, 2.24) is 10.4 Å². The summed E-state index contributed by atoms with van der Waals surface area (Å²) in [5.74, 6) is -0.923. The molecule has 0 bridgehead atoms. The van der Waals surface area contributed by atoms with Crippen LogP contribution in [0.5, 0.6) is 0 Å². The molecule has 2 amide bonds. The van der Waals surface area contributed by atoms with Gasteiger partial charge in [0, 0.05) is 43.9 Å². The van der Waals surface area contributed by atoms with Gasteiger partial charge in [-0.2, -0.15) is 0 Å². The minimum Gasteiger partial charge on any atom is -0.367 e. The van der Waals surface area contributed by atoms with Gasteiger partial charge in [-0.1, -0.05) is 24.3 Å². The Morgan fingerprint density at radius 2 is 1.71 bits per heavy atom. The normalized spacial score (nSPS) is 13.6. The van der Waals surface area contributed by atoms with Crippen molar-refractivity contribution in [3.8, 4) is 0 Å². The van der Waals surface area contributed by atoms with Gasteiger partial charge in [0.25, 0.3) is 11.6 Å². The van der Waals surface area contributed by atoms with Gasteiger partial charge < -0.3 is 9.80 Å². The molecule has 1 aliphatic heterocycles. The zero-order valence-corrected chi connectivity index (χ0v) is 16.9. The fourth-order valence-electron chi connectivity index (χ4n) is 3.50. The predicted octanol–water partition coefficient (Wildman–Crippen LogP) is 1.81. The molecule has 10 heteroatoms. The van der Waals surface area contributed by atoms with E-state index in [2.05, 4.69) is 0 Å². The molecule has 10 nitrogen and oxygen atoms in total. The van der Waals surface area contributed by atoms with Gasteiger partial charge in [-0.15, -0.1) is 0 Å². The molecule has 0 saturated carbocycles. The molecule has 1 aliphatic rings. The van der Waals surface area contributed by atoms with Gasteiger partial charge >= 0.3 is 0 Å². The van der Waals surface area contributed by atoms with Gasteiger partial charge in [0.2, 0.25) is 5.91 Å². The number of nitro groups is 1. The number of carbonyl (C=O) groups excluding carboxylic acids is 3. The molecule has 0 atom stereocenters. The minimum atomic E-state index is -0.841. The summed E-state index contributed by atoms with van der Waals surface area (Å²) in [7, 11) is 0. The second-order valence-electron chi connectivity index (χ2n) is 7.20. The van der Waals surface area contributed by atoms with Crippen LogP contribution in [0.15, 0.2) is 42.5 Å². The van der Waals surface area contributed by atoms with Gasteiger partial charge in [-0.25, -0.2) is 5.48 Å². The number of carbonyl (C=O) groups is 3. The first-order chi connectivity index (χ1) is 14.8. The number of nitro benzene ring substituents is 1. The second-order valence-corrected chi connectivity index (χ2v) is 7.20. The van der Waals surface area contributed by atoms with Crippen LogP contribution in [0.1, 0.15) is 33.2 Å². The molecule has 0 unspecified atom stereocenters. The summed E-state index contributed by atoms with van der Waals surface area (Å²) in [6, 6.07) is 10.8. The van der Waals surface area contributed by atoms with Crippen molar-refractivity contribution in [1.29, 1.82) is 0 Å². The molecule has 2 N–H and O–H groups in total. The van der Waals surface area contributed by atoms with Crippen LogP contribution in [0, 0.1) is 10.1 Å². The first-order valence-corrected chi connectivity index (χ1v) is 9.65. The lowest BCUT2D eigenvalue weighted by atomic mass is 10.1. The van der Waals surface area contributed by atoms with E-state index in [1.54, 1.807) is 29.2 Å². The van der Waals surface area contributed by atoms with Gasteiger partial charge in [-0.05, 0) is 18.6 Å². The Morgan fingerprint density at radius 3 is 2.26 bits per heavy atom. The van der Waals surface area contributed by atoms with E-state index >= 15 is 0 Å². The molecule has 3 rings (SSSR count). The number of amides is 2. The quantitative estimate of drug-likeness (QED) is 0.311. The van der Waals surface area contributed by atoms with Crippen LogP contribution >= 0.6 is 0 Å². The zero-order chi connectivity index (χ0) is 22.5. The number of nitrogens with one attached hydrogen (secondary N) is 1. The molecular formula is C21H22N4O6. The number of anilines is 1. The van der Waals surface area contributed by atoms with Gasteiger partial charge in [0.15, 0.2) is 5.78 Å². The summed E-state index contributed by atoms with van der Waals surface area (Å²) < 4.78 is 0. The van der Waals surface area contributed by atoms with Gasteiger partial charge in [0.05, 0.1) is 22.6 Å². The lowest BCUT2D eigenvalue weighted by Gasteiger charge is -2.36. The maximum atomic E-state index is 12.6. The van der Waals surface area contributed by atoms with Crippen molar-refractivity contribution in [2.24, 2.45) is 0 Å². The Hall–Kier alpha value is -3.79. The monoisotopic (exact) mass is 426 g/mol. The van der Waals surface area contributed by atoms with Crippen molar-refractivity contribution in [2.75, 3.05) is 31.1 Å². The summed E-state index contributed by atoms with van der Waals surface area (Å²) in [6.07, 6.45) is 0.216. The van der Waals surface area contributed by atoms with Crippen molar-refractivity contribution in [3.63, 3.8) is 0 Å². The number of Topliss-reactive ketones (excluding diaryl/α,β-unsaturated/α-hetero) is 1. The first kappa shape index (κ1) is 21.9. The Labute approximate surface area is 178 Å². The number of hydroxylamine groups is 1. The van der Waals surface area contributed by atoms with Crippen LogP contribution in [0.2, 0.25) is 0 Å². The molecule has 0 spiro atoms. The van der Waals surface area contributed by atoms with E-state index in [1.165, 1.54) is 24.5 Å². The number of hydrogen-bond acceptors (Lipinski definition) is 7. The lowest BCUT2D eigenvalue weighted by Crippen LogP contribution is -2.49. The average Bonchev–Trinajstić information content (AvgIpc) is 2.78. The predicted molar refractivity (Wildman–Crippen MR) is 111 cm³/mol. The van der Waals surface area contributed by atoms with Crippen LogP contribution in [0.3, 0.4) is 0 Å². The van der Waals surface area contributed by atoms with E-state index in [9.17, 15) is 24.5 Å². The molecule has 1 heterocycles. The molecule has 1 fully saturated rings. The number of non-ortho nitro benzene ring substituents is 1. The zero-order valence-electron chi connectivity index (χ0n) is 16.9. The summed E-state index contributed by atoms with van der Waals surface area (Å²) in [5, 5.41) is 20.0. The number of hydrogen-bond donors (Lipinski definition) is 2. The van der Waals surface area contributed by atoms with Crippen molar-refractivity contribution >= 4 is 29.0 Å². The highest BCUT2D eigenvalue weighted by Crippen LogP contribution is 2.26. The van der Waals surface area contributed by atoms with Crippen LogP contribution in [-0.4, -0.2) is 58.8 Å². The number of piperazine rings is 1. The number of rotatable bonds is 6. The van der Waals surface area contributed by atoms with E-state index in [0.29, 0.717) is 37.4 Å². The topological polar surface area (TPSA) is 133 Å². The fourth-order valence-corrected chi connectivity index (χ4v) is 3.50. The maximum Gasteiger partial charge on any atom is 0.276 e. The molecule has 2 aromatic rings. The molecule has 31 heavy (non-hydrogen) atoms. The van der Waals surface area contributed by atoms with Gasteiger partial charge in [-0.3, -0.25) is 29.7 Å². The van der Waals surface area contributed by atoms with Crippen LogP contribution in [0.4, 0.5) is 11.4 Å². The third kappa shape index (κ3) is 5.04. The minimum absolute atomic E-state index is 0.0120. The molecule has 0 aromatic heterocycles. The van der Waals surface area contributed by atoms with E-state index in [1.807, 2.05) is 4.90 Å². The Balaban J connectivity index is 1.66. The molecule has 1 saturated heterocycles. The molecule has 162 valence electrons. The number of nitrogens with zero attached hydrogens (tertiary/aromatic N) is 3. The Morgan fingerprint density at radius 1 is 1.06 bits per heavy atom. The van der Waals surface area contributed by atoms with Crippen molar-refractivity contribution in [3.05, 3.63) is 69.3 Å².